The van der Waals surface area contributed by atoms with Crippen molar-refractivity contribution in [3.8, 4) is 0 Å². The van der Waals surface area contributed by atoms with Crippen LogP contribution in [-0.2, 0) is 32.7 Å². The molecule has 0 aromatic rings. The van der Waals surface area contributed by atoms with Crippen LogP contribution in [0.25, 0.3) is 0 Å². The summed E-state index contributed by atoms with van der Waals surface area (Å²) in [7, 11) is 0. The van der Waals surface area contributed by atoms with Crippen LogP contribution in [0, 0.1) is 25.7 Å². The molecule has 1 aliphatic heterocycles. The Kier molecular flexibility index (Phi) is 5.85. The van der Waals surface area contributed by atoms with Crippen LogP contribution in [-0.4, -0.2) is 12.8 Å². The maximum Gasteiger partial charge on any atom is 0.0363 e. The van der Waals surface area contributed by atoms with Crippen LogP contribution in [0.15, 0.2) is 4.99 Å². The van der Waals surface area contributed by atoms with Gasteiger partial charge in [0.2, 0.25) is 0 Å². The van der Waals surface area contributed by atoms with Gasteiger partial charge in [-0.3, -0.25) is 4.99 Å². The summed E-state index contributed by atoms with van der Waals surface area (Å²) in [5, 5.41) is 0. The fraction of sp³-hybridized carbons (Fsp3) is 0.625. The van der Waals surface area contributed by atoms with Crippen molar-refractivity contribution in [2.24, 2.45) is 16.8 Å². The molecule has 0 spiro atoms. The number of rotatable bonds is 1. The molecule has 0 bridgehead atoms. The van der Waals surface area contributed by atoms with E-state index >= 15 is 0 Å². The van der Waals surface area contributed by atoms with Crippen molar-refractivity contribution >= 4 is 6.21 Å². The van der Waals surface area contributed by atoms with E-state index in [2.05, 4.69) is 18.8 Å². The van der Waals surface area contributed by atoms with Gasteiger partial charge in [-0.2, -0.15) is 12.3 Å². The molecule has 0 amide bonds. The largest absolute Gasteiger partial charge is 0.343 e. The summed E-state index contributed by atoms with van der Waals surface area (Å²) in [5.74, 6) is 1.10. The Morgan fingerprint density at radius 1 is 1.60 bits per heavy atom. The van der Waals surface area contributed by atoms with Gasteiger partial charge in [-0.25, -0.2) is 0 Å². The predicted molar refractivity (Wildman–Crippen MR) is 40.3 cm³/mol. The second kappa shape index (κ2) is 5.43. The molecule has 0 saturated carbocycles. The van der Waals surface area contributed by atoms with Crippen molar-refractivity contribution in [1.82, 2.24) is 0 Å². The fourth-order valence-electron chi connectivity index (χ4n) is 1.10. The Hall–Kier alpha value is 0.774. The number of aliphatic imine (C=N–C) groups is 1. The SMILES string of the molecule is [CH2-]CC1C=NCCC1[CH2-].[Y]. The first-order valence-corrected chi connectivity index (χ1v) is 3.47. The van der Waals surface area contributed by atoms with Crippen molar-refractivity contribution < 1.29 is 32.7 Å². The van der Waals surface area contributed by atoms with Crippen LogP contribution in [0.3, 0.4) is 0 Å². The van der Waals surface area contributed by atoms with E-state index in [-0.39, 0.29) is 32.7 Å². The molecule has 1 aliphatic rings. The van der Waals surface area contributed by atoms with E-state index in [1.54, 1.807) is 0 Å². The molecule has 0 saturated heterocycles. The van der Waals surface area contributed by atoms with Crippen molar-refractivity contribution in [3.63, 3.8) is 0 Å². The van der Waals surface area contributed by atoms with Crippen LogP contribution >= 0.6 is 0 Å². The Balaban J connectivity index is 0.000000810. The maximum atomic E-state index is 4.17. The van der Waals surface area contributed by atoms with Crippen LogP contribution in [0.5, 0.6) is 0 Å². The molecule has 1 heterocycles. The van der Waals surface area contributed by atoms with Gasteiger partial charge in [-0.1, -0.05) is 12.3 Å². The van der Waals surface area contributed by atoms with Gasteiger partial charge < -0.3 is 13.8 Å². The van der Waals surface area contributed by atoms with Crippen LogP contribution < -0.4 is 0 Å². The van der Waals surface area contributed by atoms with Gasteiger partial charge in [-0.15, -0.1) is 0 Å². The van der Waals surface area contributed by atoms with E-state index in [4.69, 9.17) is 0 Å². The summed E-state index contributed by atoms with van der Waals surface area (Å²) in [4.78, 5) is 4.17. The first kappa shape index (κ1) is 10.8. The van der Waals surface area contributed by atoms with Crippen molar-refractivity contribution in [2.45, 2.75) is 12.8 Å². The molecule has 55 valence electrons. The molecular formula is C8H13NY-2. The molecule has 2 unspecified atom stereocenters. The number of hydrogen-bond acceptors (Lipinski definition) is 1. The summed E-state index contributed by atoms with van der Waals surface area (Å²) in [6, 6.07) is 0. The second-order valence-electron chi connectivity index (χ2n) is 2.56. The van der Waals surface area contributed by atoms with E-state index in [0.717, 1.165) is 19.4 Å². The Morgan fingerprint density at radius 2 is 2.30 bits per heavy atom. The normalized spacial score (nSPS) is 31.4. The van der Waals surface area contributed by atoms with Gasteiger partial charge in [0.25, 0.3) is 0 Å². The third-order valence-electron chi connectivity index (χ3n) is 1.86. The molecule has 2 heteroatoms. The monoisotopic (exact) mass is 212 g/mol. The minimum Gasteiger partial charge on any atom is -0.343 e. The van der Waals surface area contributed by atoms with E-state index in [0.29, 0.717) is 11.8 Å². The van der Waals surface area contributed by atoms with E-state index in [1.165, 1.54) is 0 Å². The van der Waals surface area contributed by atoms with Crippen molar-refractivity contribution in [3.05, 3.63) is 13.8 Å². The fourth-order valence-corrected chi connectivity index (χ4v) is 1.10. The third-order valence-corrected chi connectivity index (χ3v) is 1.86. The molecule has 2 atom stereocenters. The molecule has 0 aromatic carbocycles. The van der Waals surface area contributed by atoms with Crippen LogP contribution in [0.4, 0.5) is 0 Å². The van der Waals surface area contributed by atoms with Crippen molar-refractivity contribution in [2.75, 3.05) is 6.54 Å². The molecule has 0 fully saturated rings. The average Bonchev–Trinajstić information content (AvgIpc) is 1.89. The predicted octanol–water partition coefficient (Wildman–Crippen LogP) is 1.75. The maximum absolute atomic E-state index is 4.17. The minimum absolute atomic E-state index is 0. The smallest absolute Gasteiger partial charge is 0.0363 e. The topological polar surface area (TPSA) is 12.4 Å². The molecule has 1 radical (unpaired) electrons. The number of nitrogens with zero attached hydrogens (tertiary/aromatic N) is 1. The molecule has 10 heavy (non-hydrogen) atoms. The summed E-state index contributed by atoms with van der Waals surface area (Å²) in [6.07, 6.45) is 4.09. The average molecular weight is 212 g/mol. The first-order valence-electron chi connectivity index (χ1n) is 3.47. The number of hydrogen-bond donors (Lipinski definition) is 0. The Morgan fingerprint density at radius 3 is 2.70 bits per heavy atom. The zero-order valence-corrected chi connectivity index (χ0v) is 9.13. The summed E-state index contributed by atoms with van der Waals surface area (Å²) >= 11 is 0. The molecular weight excluding hydrogens is 199 g/mol. The second-order valence-corrected chi connectivity index (χ2v) is 2.56. The van der Waals surface area contributed by atoms with Crippen molar-refractivity contribution in [1.29, 1.82) is 0 Å². The van der Waals surface area contributed by atoms with E-state index < -0.39 is 0 Å². The quantitative estimate of drug-likeness (QED) is 0.587. The summed E-state index contributed by atoms with van der Waals surface area (Å²) in [6.45, 7) is 8.81. The zero-order chi connectivity index (χ0) is 6.69. The molecule has 1 rings (SSSR count). The Labute approximate surface area is 88.6 Å². The van der Waals surface area contributed by atoms with E-state index in [1.807, 2.05) is 6.21 Å². The molecule has 0 aliphatic carbocycles. The molecule has 0 aromatic heterocycles. The van der Waals surface area contributed by atoms with Gasteiger partial charge in [0.15, 0.2) is 0 Å². The molecule has 0 N–H and O–H groups in total. The molecule has 1 nitrogen and oxygen atoms in total. The minimum atomic E-state index is 0. The Bertz CT molecular complexity index is 112. The van der Waals surface area contributed by atoms with Gasteiger partial charge in [-0.05, 0) is 6.21 Å². The van der Waals surface area contributed by atoms with Crippen LogP contribution in [0.1, 0.15) is 12.8 Å². The van der Waals surface area contributed by atoms with E-state index in [9.17, 15) is 0 Å². The van der Waals surface area contributed by atoms with Gasteiger partial charge in [0.1, 0.15) is 0 Å². The summed E-state index contributed by atoms with van der Waals surface area (Å²) < 4.78 is 0. The van der Waals surface area contributed by atoms with Gasteiger partial charge in [0, 0.05) is 39.3 Å². The summed E-state index contributed by atoms with van der Waals surface area (Å²) in [5.41, 5.74) is 0. The zero-order valence-electron chi connectivity index (χ0n) is 6.29. The van der Waals surface area contributed by atoms with Gasteiger partial charge >= 0.3 is 0 Å². The van der Waals surface area contributed by atoms with Gasteiger partial charge in [0.05, 0.1) is 0 Å². The standard InChI is InChI=1S/C8H13N.Y/c1-3-8-6-9-5-4-7(8)2;/h6-8H,1-5H2;/q-2;. The first-order chi connectivity index (χ1) is 4.34. The van der Waals surface area contributed by atoms with Crippen LogP contribution in [0.2, 0.25) is 0 Å². The third kappa shape index (κ3) is 2.79.